The van der Waals surface area contributed by atoms with Crippen molar-refractivity contribution in [2.45, 2.75) is 6.92 Å². The minimum absolute atomic E-state index is 0.277. The third-order valence-electron chi connectivity index (χ3n) is 2.42. The molecule has 0 aliphatic heterocycles. The van der Waals surface area contributed by atoms with Crippen LogP contribution < -0.4 is 5.32 Å². The molecule has 2 aromatic rings. The Morgan fingerprint density at radius 3 is 2.63 bits per heavy atom. The third kappa shape index (κ3) is 3.28. The van der Waals surface area contributed by atoms with Crippen LogP contribution in [0.2, 0.25) is 8.67 Å². The summed E-state index contributed by atoms with van der Waals surface area (Å²) in [6.45, 7) is 1.77. The number of hydrogen-bond donors (Lipinski definition) is 1. The van der Waals surface area contributed by atoms with Gasteiger partial charge in [0.1, 0.15) is 10.2 Å². The molecule has 1 N–H and O–H groups in total. The molecule has 19 heavy (non-hydrogen) atoms. The van der Waals surface area contributed by atoms with E-state index in [1.165, 1.54) is 12.1 Å². The van der Waals surface area contributed by atoms with Gasteiger partial charge in [0.25, 0.3) is 5.91 Å². The molecule has 2 rings (SSSR count). The van der Waals surface area contributed by atoms with Gasteiger partial charge in [-0.3, -0.25) is 4.79 Å². The lowest BCUT2D eigenvalue weighted by Gasteiger charge is -2.09. The lowest BCUT2D eigenvalue weighted by molar-refractivity contribution is 0.102. The van der Waals surface area contributed by atoms with Crippen LogP contribution in [0.15, 0.2) is 22.7 Å². The minimum Gasteiger partial charge on any atom is -0.322 e. The fourth-order valence-electron chi connectivity index (χ4n) is 1.47. The van der Waals surface area contributed by atoms with Gasteiger partial charge in [-0.1, -0.05) is 23.2 Å². The van der Waals surface area contributed by atoms with Crippen LogP contribution in [0.4, 0.5) is 10.1 Å². The van der Waals surface area contributed by atoms with Gasteiger partial charge in [0.15, 0.2) is 0 Å². The van der Waals surface area contributed by atoms with Crippen molar-refractivity contribution in [2.75, 3.05) is 5.32 Å². The zero-order valence-electron chi connectivity index (χ0n) is 9.56. The molecule has 100 valence electrons. The number of aryl methyl sites for hydroxylation is 1. The Hall–Kier alpha value is -0.620. The molecule has 0 atom stereocenters. The number of hydrogen-bond acceptors (Lipinski definition) is 2. The van der Waals surface area contributed by atoms with Gasteiger partial charge in [-0.15, -0.1) is 11.3 Å². The Labute approximate surface area is 131 Å². The zero-order chi connectivity index (χ0) is 14.2. The first-order valence-electron chi connectivity index (χ1n) is 5.10. The van der Waals surface area contributed by atoms with Crippen molar-refractivity contribution in [3.8, 4) is 0 Å². The number of thiophene rings is 1. The molecule has 1 heterocycles. The quantitative estimate of drug-likeness (QED) is 0.728. The maximum atomic E-state index is 13.5. The standard InChI is InChI=1S/C12H7BrCl2FNOS/c1-5-2-7(13)8(16)4-9(5)17-12(18)6-3-10(14)19-11(6)15/h2-4H,1H3,(H,17,18). The number of rotatable bonds is 2. The van der Waals surface area contributed by atoms with Crippen molar-refractivity contribution in [2.24, 2.45) is 0 Å². The highest BCUT2D eigenvalue weighted by atomic mass is 79.9. The second kappa shape index (κ2) is 5.79. The molecular formula is C12H7BrCl2FNOS. The van der Waals surface area contributed by atoms with E-state index < -0.39 is 11.7 Å². The van der Waals surface area contributed by atoms with Gasteiger partial charge in [0.05, 0.1) is 14.4 Å². The van der Waals surface area contributed by atoms with Crippen molar-refractivity contribution in [1.82, 2.24) is 0 Å². The summed E-state index contributed by atoms with van der Waals surface area (Å²) in [5, 5.41) is 2.61. The van der Waals surface area contributed by atoms with Gasteiger partial charge in [-0.05, 0) is 46.6 Å². The van der Waals surface area contributed by atoms with Crippen LogP contribution in [-0.2, 0) is 0 Å². The number of anilines is 1. The molecule has 0 spiro atoms. The Morgan fingerprint density at radius 1 is 1.37 bits per heavy atom. The summed E-state index contributed by atoms with van der Waals surface area (Å²) in [5.74, 6) is -0.867. The lowest BCUT2D eigenvalue weighted by Crippen LogP contribution is -2.12. The van der Waals surface area contributed by atoms with Crippen LogP contribution in [0.25, 0.3) is 0 Å². The van der Waals surface area contributed by atoms with E-state index >= 15 is 0 Å². The second-order valence-electron chi connectivity index (χ2n) is 3.77. The lowest BCUT2D eigenvalue weighted by atomic mass is 10.2. The monoisotopic (exact) mass is 381 g/mol. The van der Waals surface area contributed by atoms with Crippen molar-refractivity contribution < 1.29 is 9.18 Å². The smallest absolute Gasteiger partial charge is 0.258 e. The molecule has 1 aromatic heterocycles. The molecule has 0 saturated heterocycles. The molecule has 0 aliphatic carbocycles. The third-order valence-corrected chi connectivity index (χ3v) is 4.51. The Kier molecular flexibility index (Phi) is 4.50. The van der Waals surface area contributed by atoms with Crippen molar-refractivity contribution in [3.05, 3.63) is 48.3 Å². The van der Waals surface area contributed by atoms with Crippen LogP contribution in [-0.4, -0.2) is 5.91 Å². The highest BCUT2D eigenvalue weighted by molar-refractivity contribution is 9.10. The summed E-state index contributed by atoms with van der Waals surface area (Å²) in [5.41, 5.74) is 1.41. The summed E-state index contributed by atoms with van der Waals surface area (Å²) in [6.07, 6.45) is 0. The molecule has 2 nitrogen and oxygen atoms in total. The number of carbonyl (C=O) groups excluding carboxylic acids is 1. The summed E-state index contributed by atoms with van der Waals surface area (Å²) >= 11 is 15.9. The summed E-state index contributed by atoms with van der Waals surface area (Å²) in [4.78, 5) is 12.0. The maximum Gasteiger partial charge on any atom is 0.258 e. The Bertz CT molecular complexity index is 659. The molecule has 0 radical (unpaired) electrons. The minimum atomic E-state index is -0.449. The molecule has 0 fully saturated rings. The first-order valence-corrected chi connectivity index (χ1v) is 7.47. The predicted octanol–water partition coefficient (Wildman–Crippen LogP) is 5.52. The predicted molar refractivity (Wildman–Crippen MR) is 81.1 cm³/mol. The first-order chi connectivity index (χ1) is 8.88. The van der Waals surface area contributed by atoms with Crippen LogP contribution in [0.5, 0.6) is 0 Å². The van der Waals surface area contributed by atoms with E-state index in [9.17, 15) is 9.18 Å². The molecule has 7 heteroatoms. The van der Waals surface area contributed by atoms with Crippen LogP contribution in [0.1, 0.15) is 15.9 Å². The molecule has 0 aliphatic rings. The van der Waals surface area contributed by atoms with E-state index in [1.54, 1.807) is 13.0 Å². The van der Waals surface area contributed by atoms with E-state index in [4.69, 9.17) is 23.2 Å². The highest BCUT2D eigenvalue weighted by Crippen LogP contribution is 2.32. The number of halogens is 4. The molecule has 1 aromatic carbocycles. The maximum absolute atomic E-state index is 13.5. The van der Waals surface area contributed by atoms with E-state index in [-0.39, 0.29) is 5.56 Å². The summed E-state index contributed by atoms with van der Waals surface area (Å²) in [6, 6.07) is 4.32. The van der Waals surface area contributed by atoms with Crippen molar-refractivity contribution >= 4 is 62.1 Å². The van der Waals surface area contributed by atoms with Gasteiger partial charge < -0.3 is 5.32 Å². The zero-order valence-corrected chi connectivity index (χ0v) is 13.5. The van der Waals surface area contributed by atoms with Gasteiger partial charge in [-0.2, -0.15) is 0 Å². The van der Waals surface area contributed by atoms with E-state index in [0.29, 0.717) is 18.8 Å². The van der Waals surface area contributed by atoms with Gasteiger partial charge in [0, 0.05) is 5.69 Å². The first kappa shape index (κ1) is 14.8. The second-order valence-corrected chi connectivity index (χ2v) is 6.91. The van der Waals surface area contributed by atoms with E-state index in [2.05, 4.69) is 21.2 Å². The SMILES string of the molecule is Cc1cc(Br)c(F)cc1NC(=O)c1cc(Cl)sc1Cl. The molecule has 1 amide bonds. The van der Waals surface area contributed by atoms with Gasteiger partial charge in [0.2, 0.25) is 0 Å². The van der Waals surface area contributed by atoms with E-state index in [0.717, 1.165) is 16.9 Å². The molecular weight excluding hydrogens is 376 g/mol. The summed E-state index contributed by atoms with van der Waals surface area (Å²) < 4.78 is 14.5. The number of carbonyl (C=O) groups is 1. The number of nitrogens with one attached hydrogen (secondary N) is 1. The van der Waals surface area contributed by atoms with Crippen LogP contribution in [0.3, 0.4) is 0 Å². The van der Waals surface area contributed by atoms with Crippen molar-refractivity contribution in [3.63, 3.8) is 0 Å². The Morgan fingerprint density at radius 2 is 2.05 bits per heavy atom. The normalized spacial score (nSPS) is 10.6. The average molecular weight is 383 g/mol. The van der Waals surface area contributed by atoms with Gasteiger partial charge in [-0.25, -0.2) is 4.39 Å². The Balaban J connectivity index is 2.29. The topological polar surface area (TPSA) is 29.1 Å². The fraction of sp³-hybridized carbons (Fsp3) is 0.0833. The largest absolute Gasteiger partial charge is 0.322 e. The summed E-state index contributed by atoms with van der Waals surface area (Å²) in [7, 11) is 0. The molecule has 0 saturated carbocycles. The van der Waals surface area contributed by atoms with Crippen LogP contribution >= 0.6 is 50.5 Å². The highest BCUT2D eigenvalue weighted by Gasteiger charge is 2.16. The van der Waals surface area contributed by atoms with Gasteiger partial charge >= 0.3 is 0 Å². The molecule has 0 unspecified atom stereocenters. The average Bonchev–Trinajstić information content (AvgIpc) is 2.65. The number of amides is 1. The fourth-order valence-corrected chi connectivity index (χ4v) is 3.38. The molecule has 0 bridgehead atoms. The van der Waals surface area contributed by atoms with Crippen LogP contribution in [0, 0.1) is 12.7 Å². The van der Waals surface area contributed by atoms with E-state index in [1.807, 2.05) is 0 Å². The number of benzene rings is 1. The van der Waals surface area contributed by atoms with Crippen molar-refractivity contribution in [1.29, 1.82) is 0 Å².